The van der Waals surface area contributed by atoms with E-state index >= 15 is 0 Å². The highest BCUT2D eigenvalue weighted by Crippen LogP contribution is 2.40. The molecule has 1 N–H and O–H groups in total. The van der Waals surface area contributed by atoms with Crippen molar-refractivity contribution in [3.63, 3.8) is 0 Å². The minimum atomic E-state index is -0.696. The van der Waals surface area contributed by atoms with E-state index in [1.165, 1.54) is 0 Å². The van der Waals surface area contributed by atoms with Crippen molar-refractivity contribution < 1.29 is 9.90 Å². The molecular weight excluding hydrogens is 206 g/mol. The lowest BCUT2D eigenvalue weighted by Gasteiger charge is -2.31. The van der Waals surface area contributed by atoms with Crippen molar-refractivity contribution in [3.8, 4) is 0 Å². The van der Waals surface area contributed by atoms with Gasteiger partial charge in [0.15, 0.2) is 0 Å². The molecule has 3 atom stereocenters. The van der Waals surface area contributed by atoms with Gasteiger partial charge in [0.25, 0.3) is 0 Å². The third-order valence-electron chi connectivity index (χ3n) is 3.56. The lowest BCUT2D eigenvalue weighted by molar-refractivity contribution is -0.143. The summed E-state index contributed by atoms with van der Waals surface area (Å²) in [6.07, 6.45) is 4.36. The van der Waals surface area contributed by atoms with Gasteiger partial charge in [0.1, 0.15) is 0 Å². The van der Waals surface area contributed by atoms with E-state index < -0.39 is 5.97 Å². The number of nitrogens with zero attached hydrogens (tertiary/aromatic N) is 3. The fourth-order valence-electron chi connectivity index (χ4n) is 2.64. The number of hydrogen-bond donors (Lipinski definition) is 1. The molecule has 2 rings (SSSR count). The van der Waals surface area contributed by atoms with Crippen LogP contribution in [0.4, 0.5) is 0 Å². The summed E-state index contributed by atoms with van der Waals surface area (Å²) >= 11 is 0. The first kappa shape index (κ1) is 11.1. The fraction of sp³-hybridized carbons (Fsp3) is 0.727. The second-order valence-corrected chi connectivity index (χ2v) is 4.75. The number of rotatable bonds is 2. The highest BCUT2D eigenvalue weighted by molar-refractivity contribution is 5.71. The van der Waals surface area contributed by atoms with E-state index in [0.717, 1.165) is 25.0 Å². The Bertz CT molecular complexity index is 388. The van der Waals surface area contributed by atoms with E-state index in [4.69, 9.17) is 0 Å². The number of aliphatic carboxylic acids is 1. The minimum Gasteiger partial charge on any atom is -0.481 e. The van der Waals surface area contributed by atoms with Gasteiger partial charge in [-0.15, -0.1) is 5.10 Å². The van der Waals surface area contributed by atoms with Gasteiger partial charge in [0, 0.05) is 13.0 Å². The van der Waals surface area contributed by atoms with Crippen LogP contribution >= 0.6 is 0 Å². The molecule has 1 aliphatic carbocycles. The van der Waals surface area contributed by atoms with Gasteiger partial charge < -0.3 is 5.11 Å². The van der Waals surface area contributed by atoms with Crippen molar-refractivity contribution in [1.82, 2.24) is 15.0 Å². The van der Waals surface area contributed by atoms with Crippen LogP contribution in [0.15, 0.2) is 6.20 Å². The molecular formula is C11H17N3O2. The number of carboxylic acid groups (broad SMARTS) is 1. The second kappa shape index (κ2) is 4.23. The molecule has 0 amide bonds. The molecule has 5 nitrogen and oxygen atoms in total. The third-order valence-corrected chi connectivity index (χ3v) is 3.56. The van der Waals surface area contributed by atoms with Gasteiger partial charge >= 0.3 is 5.97 Å². The minimum absolute atomic E-state index is 0.0567. The van der Waals surface area contributed by atoms with E-state index in [0.29, 0.717) is 5.92 Å². The summed E-state index contributed by atoms with van der Waals surface area (Å²) in [5.74, 6) is -0.344. The van der Waals surface area contributed by atoms with Crippen LogP contribution in [0.1, 0.15) is 37.8 Å². The molecule has 1 heterocycles. The average Bonchev–Trinajstić information content (AvgIpc) is 2.63. The van der Waals surface area contributed by atoms with Crippen molar-refractivity contribution in [2.45, 2.75) is 32.1 Å². The smallest absolute Gasteiger partial charge is 0.307 e. The molecule has 1 fully saturated rings. The number of aromatic nitrogens is 3. The van der Waals surface area contributed by atoms with Gasteiger partial charge in [-0.3, -0.25) is 9.48 Å². The van der Waals surface area contributed by atoms with Crippen LogP contribution in [-0.4, -0.2) is 26.1 Å². The lowest BCUT2D eigenvalue weighted by Crippen LogP contribution is -2.29. The summed E-state index contributed by atoms with van der Waals surface area (Å²) in [6.45, 7) is 2.18. The summed E-state index contributed by atoms with van der Waals surface area (Å²) in [6, 6.07) is 0. The molecule has 88 valence electrons. The van der Waals surface area contributed by atoms with E-state index in [9.17, 15) is 9.90 Å². The average molecular weight is 223 g/mol. The molecule has 0 spiro atoms. The van der Waals surface area contributed by atoms with Gasteiger partial charge in [-0.05, 0) is 25.2 Å². The van der Waals surface area contributed by atoms with Crippen LogP contribution in [0.5, 0.6) is 0 Å². The van der Waals surface area contributed by atoms with Crippen LogP contribution < -0.4 is 0 Å². The molecule has 0 bridgehead atoms. The Labute approximate surface area is 94.5 Å². The topological polar surface area (TPSA) is 68.0 Å². The maximum absolute atomic E-state index is 11.2. The molecule has 5 heteroatoms. The Morgan fingerprint density at radius 3 is 2.88 bits per heavy atom. The monoisotopic (exact) mass is 223 g/mol. The Morgan fingerprint density at radius 1 is 1.56 bits per heavy atom. The standard InChI is InChI=1S/C11H17N3O2/c1-7-3-4-8(11(15)16)9(5-7)10-6-12-13-14(10)2/h6-9H,3-5H2,1-2H3,(H,15,16). The van der Waals surface area contributed by atoms with Gasteiger partial charge in [-0.1, -0.05) is 12.1 Å². The molecule has 0 saturated heterocycles. The van der Waals surface area contributed by atoms with Crippen molar-refractivity contribution in [1.29, 1.82) is 0 Å². The van der Waals surface area contributed by atoms with E-state index in [1.807, 2.05) is 7.05 Å². The number of hydrogen-bond acceptors (Lipinski definition) is 3. The Hall–Kier alpha value is -1.39. The van der Waals surface area contributed by atoms with Crippen molar-refractivity contribution in [3.05, 3.63) is 11.9 Å². The molecule has 0 radical (unpaired) electrons. The second-order valence-electron chi connectivity index (χ2n) is 4.75. The highest BCUT2D eigenvalue weighted by Gasteiger charge is 2.36. The zero-order valence-electron chi connectivity index (χ0n) is 9.63. The van der Waals surface area contributed by atoms with E-state index in [1.54, 1.807) is 10.9 Å². The van der Waals surface area contributed by atoms with Crippen molar-refractivity contribution >= 4 is 5.97 Å². The largest absolute Gasteiger partial charge is 0.481 e. The number of aryl methyl sites for hydroxylation is 1. The maximum atomic E-state index is 11.2. The van der Waals surface area contributed by atoms with Crippen LogP contribution in [0.3, 0.4) is 0 Å². The van der Waals surface area contributed by atoms with Crippen LogP contribution in [0, 0.1) is 11.8 Å². The predicted octanol–water partition coefficient (Wildman–Crippen LogP) is 1.42. The summed E-state index contributed by atoms with van der Waals surface area (Å²) in [7, 11) is 1.82. The Morgan fingerprint density at radius 2 is 2.31 bits per heavy atom. The molecule has 1 aromatic heterocycles. The van der Waals surface area contributed by atoms with Gasteiger partial charge in [-0.2, -0.15) is 0 Å². The predicted molar refractivity (Wildman–Crippen MR) is 57.9 cm³/mol. The van der Waals surface area contributed by atoms with Crippen molar-refractivity contribution in [2.75, 3.05) is 0 Å². The summed E-state index contributed by atoms with van der Waals surface area (Å²) in [5, 5.41) is 17.0. The third kappa shape index (κ3) is 1.94. The quantitative estimate of drug-likeness (QED) is 0.823. The number of carboxylic acids is 1. The zero-order valence-corrected chi connectivity index (χ0v) is 9.63. The maximum Gasteiger partial charge on any atom is 0.307 e. The Balaban J connectivity index is 2.27. The van der Waals surface area contributed by atoms with Crippen LogP contribution in [0.2, 0.25) is 0 Å². The first-order valence-electron chi connectivity index (χ1n) is 5.67. The lowest BCUT2D eigenvalue weighted by atomic mass is 9.73. The fourth-order valence-corrected chi connectivity index (χ4v) is 2.64. The molecule has 1 saturated carbocycles. The molecule has 1 aromatic rings. The summed E-state index contributed by atoms with van der Waals surface area (Å²) < 4.78 is 1.69. The van der Waals surface area contributed by atoms with Gasteiger partial charge in [0.05, 0.1) is 17.8 Å². The molecule has 0 aromatic carbocycles. The van der Waals surface area contributed by atoms with Crippen LogP contribution in [0.25, 0.3) is 0 Å². The van der Waals surface area contributed by atoms with E-state index in [2.05, 4.69) is 17.2 Å². The summed E-state index contributed by atoms with van der Waals surface area (Å²) in [4.78, 5) is 11.2. The molecule has 3 unspecified atom stereocenters. The molecule has 0 aliphatic heterocycles. The van der Waals surface area contributed by atoms with Gasteiger partial charge in [0.2, 0.25) is 0 Å². The first-order chi connectivity index (χ1) is 7.59. The van der Waals surface area contributed by atoms with Crippen molar-refractivity contribution in [2.24, 2.45) is 18.9 Å². The highest BCUT2D eigenvalue weighted by atomic mass is 16.4. The van der Waals surface area contributed by atoms with Crippen LogP contribution in [-0.2, 0) is 11.8 Å². The van der Waals surface area contributed by atoms with E-state index in [-0.39, 0.29) is 11.8 Å². The SMILES string of the molecule is CC1CCC(C(=O)O)C(c2cnnn2C)C1. The normalized spacial score (nSPS) is 30.2. The van der Waals surface area contributed by atoms with Gasteiger partial charge in [-0.25, -0.2) is 0 Å². The first-order valence-corrected chi connectivity index (χ1v) is 5.67. The zero-order chi connectivity index (χ0) is 11.7. The number of carbonyl (C=O) groups is 1. The molecule has 16 heavy (non-hydrogen) atoms. The summed E-state index contributed by atoms with van der Waals surface area (Å²) in [5.41, 5.74) is 0.943. The Kier molecular flexibility index (Phi) is 2.94. The molecule has 1 aliphatic rings.